The van der Waals surface area contributed by atoms with Crippen LogP contribution in [0.3, 0.4) is 0 Å². The summed E-state index contributed by atoms with van der Waals surface area (Å²) in [6.07, 6.45) is 1.83. The summed E-state index contributed by atoms with van der Waals surface area (Å²) in [7, 11) is 1.59. The first kappa shape index (κ1) is 17.3. The van der Waals surface area contributed by atoms with Crippen molar-refractivity contribution >= 4 is 33.4 Å². The first-order valence-corrected chi connectivity index (χ1v) is 8.12. The monoisotopic (exact) mass is 361 g/mol. The Balaban J connectivity index is 3.11. The SMILES string of the molecule is CCC(CC)N(CCCl)C(=O)c1cc(OC)ccc1Br. The molecule has 20 heavy (non-hydrogen) atoms. The van der Waals surface area contributed by atoms with Gasteiger partial charge in [-0.2, -0.15) is 0 Å². The summed E-state index contributed by atoms with van der Waals surface area (Å²) in [4.78, 5) is 14.6. The van der Waals surface area contributed by atoms with E-state index in [0.717, 1.165) is 17.3 Å². The highest BCUT2D eigenvalue weighted by Gasteiger charge is 2.23. The summed E-state index contributed by atoms with van der Waals surface area (Å²) >= 11 is 9.29. The van der Waals surface area contributed by atoms with Crippen LogP contribution in [-0.2, 0) is 0 Å². The number of benzene rings is 1. The minimum absolute atomic E-state index is 0.00914. The van der Waals surface area contributed by atoms with E-state index in [9.17, 15) is 4.79 Å². The normalized spacial score (nSPS) is 10.7. The van der Waals surface area contributed by atoms with Crippen molar-refractivity contribution in [2.45, 2.75) is 32.7 Å². The molecule has 0 N–H and O–H groups in total. The predicted molar refractivity (Wildman–Crippen MR) is 86.8 cm³/mol. The molecule has 0 aromatic heterocycles. The molecule has 0 atom stereocenters. The van der Waals surface area contributed by atoms with Crippen LogP contribution in [0.2, 0.25) is 0 Å². The maximum absolute atomic E-state index is 12.8. The van der Waals surface area contributed by atoms with Crippen molar-refractivity contribution in [3.63, 3.8) is 0 Å². The molecular weight excluding hydrogens is 342 g/mol. The zero-order valence-electron chi connectivity index (χ0n) is 12.2. The Morgan fingerprint density at radius 2 is 2.05 bits per heavy atom. The van der Waals surface area contributed by atoms with Gasteiger partial charge in [-0.1, -0.05) is 13.8 Å². The summed E-state index contributed by atoms with van der Waals surface area (Å²) in [5.74, 6) is 1.10. The molecule has 0 bridgehead atoms. The van der Waals surface area contributed by atoms with E-state index < -0.39 is 0 Å². The molecule has 0 aliphatic carbocycles. The number of rotatable bonds is 7. The average molecular weight is 363 g/mol. The molecule has 1 amide bonds. The third-order valence-electron chi connectivity index (χ3n) is 3.37. The summed E-state index contributed by atoms with van der Waals surface area (Å²) in [6, 6.07) is 5.62. The van der Waals surface area contributed by atoms with Crippen LogP contribution in [0.5, 0.6) is 5.75 Å². The number of hydrogen-bond acceptors (Lipinski definition) is 2. The van der Waals surface area contributed by atoms with Gasteiger partial charge < -0.3 is 9.64 Å². The Morgan fingerprint density at radius 3 is 2.55 bits per heavy atom. The van der Waals surface area contributed by atoms with Crippen molar-refractivity contribution < 1.29 is 9.53 Å². The van der Waals surface area contributed by atoms with Crippen molar-refractivity contribution in [2.24, 2.45) is 0 Å². The average Bonchev–Trinajstić information content (AvgIpc) is 2.47. The molecule has 0 heterocycles. The number of alkyl halides is 1. The number of carbonyl (C=O) groups excluding carboxylic acids is 1. The van der Waals surface area contributed by atoms with E-state index in [1.807, 2.05) is 17.0 Å². The van der Waals surface area contributed by atoms with Gasteiger partial charge in [0.05, 0.1) is 12.7 Å². The van der Waals surface area contributed by atoms with Crippen molar-refractivity contribution in [1.29, 1.82) is 0 Å². The van der Waals surface area contributed by atoms with E-state index in [-0.39, 0.29) is 11.9 Å². The van der Waals surface area contributed by atoms with Gasteiger partial charge in [0, 0.05) is 22.9 Å². The molecule has 1 aromatic carbocycles. The minimum atomic E-state index is -0.00914. The molecule has 0 saturated heterocycles. The van der Waals surface area contributed by atoms with Crippen LogP contribution in [0.25, 0.3) is 0 Å². The molecule has 1 aromatic rings. The molecule has 0 spiro atoms. The second-order valence-electron chi connectivity index (χ2n) is 4.50. The lowest BCUT2D eigenvalue weighted by molar-refractivity contribution is 0.0680. The Bertz CT molecular complexity index is 449. The maximum atomic E-state index is 12.8. The number of ether oxygens (including phenoxy) is 1. The van der Waals surface area contributed by atoms with Crippen LogP contribution in [0.4, 0.5) is 0 Å². The van der Waals surface area contributed by atoms with Crippen LogP contribution in [0.15, 0.2) is 22.7 Å². The molecule has 5 heteroatoms. The van der Waals surface area contributed by atoms with Crippen molar-refractivity contribution in [3.8, 4) is 5.75 Å². The number of carbonyl (C=O) groups is 1. The molecule has 0 aliphatic rings. The molecule has 1 rings (SSSR count). The van der Waals surface area contributed by atoms with Crippen LogP contribution < -0.4 is 4.74 Å². The van der Waals surface area contributed by atoms with Gasteiger partial charge >= 0.3 is 0 Å². The summed E-state index contributed by atoms with van der Waals surface area (Å²) < 4.78 is 5.97. The largest absolute Gasteiger partial charge is 0.497 e. The Hall–Kier alpha value is -0.740. The summed E-state index contributed by atoms with van der Waals surface area (Å²) in [5.41, 5.74) is 0.612. The lowest BCUT2D eigenvalue weighted by atomic mass is 10.1. The molecule has 0 fully saturated rings. The predicted octanol–water partition coefficient (Wildman–Crippen LogP) is 4.33. The quantitative estimate of drug-likeness (QED) is 0.676. The Labute approximate surface area is 134 Å². The Morgan fingerprint density at radius 1 is 1.40 bits per heavy atom. The van der Waals surface area contributed by atoms with E-state index in [2.05, 4.69) is 29.8 Å². The van der Waals surface area contributed by atoms with E-state index in [1.165, 1.54) is 0 Å². The molecule has 0 radical (unpaired) electrons. The van der Waals surface area contributed by atoms with Gasteiger partial charge in [0.1, 0.15) is 5.75 Å². The van der Waals surface area contributed by atoms with Crippen LogP contribution in [-0.4, -0.2) is 36.4 Å². The van der Waals surface area contributed by atoms with Gasteiger partial charge in [0.25, 0.3) is 5.91 Å². The Kier molecular flexibility index (Phi) is 7.38. The van der Waals surface area contributed by atoms with Crippen molar-refractivity contribution in [1.82, 2.24) is 4.90 Å². The third-order valence-corrected chi connectivity index (χ3v) is 4.23. The van der Waals surface area contributed by atoms with E-state index in [4.69, 9.17) is 16.3 Å². The second-order valence-corrected chi connectivity index (χ2v) is 5.74. The minimum Gasteiger partial charge on any atom is -0.497 e. The molecule has 0 saturated carbocycles. The molecule has 0 aliphatic heterocycles. The molecule has 0 unspecified atom stereocenters. The highest BCUT2D eigenvalue weighted by atomic mass is 79.9. The fourth-order valence-corrected chi connectivity index (χ4v) is 2.82. The second kappa shape index (κ2) is 8.53. The smallest absolute Gasteiger partial charge is 0.255 e. The number of methoxy groups -OCH3 is 1. The van der Waals surface area contributed by atoms with Crippen molar-refractivity contribution in [3.05, 3.63) is 28.2 Å². The van der Waals surface area contributed by atoms with Gasteiger partial charge in [-0.3, -0.25) is 4.79 Å². The van der Waals surface area contributed by atoms with E-state index in [0.29, 0.717) is 23.7 Å². The topological polar surface area (TPSA) is 29.5 Å². The van der Waals surface area contributed by atoms with Gasteiger partial charge in [0.2, 0.25) is 0 Å². The molecule has 3 nitrogen and oxygen atoms in total. The maximum Gasteiger partial charge on any atom is 0.255 e. The van der Waals surface area contributed by atoms with E-state index in [1.54, 1.807) is 13.2 Å². The van der Waals surface area contributed by atoms with Crippen molar-refractivity contribution in [2.75, 3.05) is 19.5 Å². The highest BCUT2D eigenvalue weighted by molar-refractivity contribution is 9.10. The number of hydrogen-bond donors (Lipinski definition) is 0. The van der Waals surface area contributed by atoms with Crippen LogP contribution in [0, 0.1) is 0 Å². The fourth-order valence-electron chi connectivity index (χ4n) is 2.22. The first-order valence-electron chi connectivity index (χ1n) is 6.79. The van der Waals surface area contributed by atoms with Gasteiger partial charge in [-0.05, 0) is 47.0 Å². The number of nitrogens with zero attached hydrogens (tertiary/aromatic N) is 1. The van der Waals surface area contributed by atoms with E-state index >= 15 is 0 Å². The summed E-state index contributed by atoms with van der Waals surface area (Å²) in [5, 5.41) is 0. The lowest BCUT2D eigenvalue weighted by Gasteiger charge is -2.30. The van der Waals surface area contributed by atoms with Crippen LogP contribution in [0.1, 0.15) is 37.0 Å². The van der Waals surface area contributed by atoms with Crippen LogP contribution >= 0.6 is 27.5 Å². The third kappa shape index (κ3) is 4.13. The fraction of sp³-hybridized carbons (Fsp3) is 0.533. The molecular formula is C15H21BrClNO2. The lowest BCUT2D eigenvalue weighted by Crippen LogP contribution is -2.41. The zero-order chi connectivity index (χ0) is 15.1. The number of halogens is 2. The first-order chi connectivity index (χ1) is 9.58. The highest BCUT2D eigenvalue weighted by Crippen LogP contribution is 2.25. The molecule has 112 valence electrons. The zero-order valence-corrected chi connectivity index (χ0v) is 14.5. The van der Waals surface area contributed by atoms with Gasteiger partial charge in [-0.15, -0.1) is 11.6 Å². The number of amides is 1. The standard InChI is InChI=1S/C15H21BrClNO2/c1-4-11(5-2)18(9-8-17)15(19)13-10-12(20-3)6-7-14(13)16/h6-7,10-11H,4-5,8-9H2,1-3H3. The summed E-state index contributed by atoms with van der Waals surface area (Å²) in [6.45, 7) is 4.73. The van der Waals surface area contributed by atoms with Gasteiger partial charge in [-0.25, -0.2) is 0 Å². The van der Waals surface area contributed by atoms with Gasteiger partial charge in [0.15, 0.2) is 0 Å².